The molecule has 96 valence electrons. The molecule has 2 aromatic rings. The van der Waals surface area contributed by atoms with Gasteiger partial charge in [-0.15, -0.1) is 11.3 Å². The van der Waals surface area contributed by atoms with Crippen molar-refractivity contribution in [1.82, 2.24) is 10.3 Å². The summed E-state index contributed by atoms with van der Waals surface area (Å²) in [7, 11) is 5.23. The maximum absolute atomic E-state index is 5.36. The zero-order valence-electron chi connectivity index (χ0n) is 10.6. The fraction of sp³-hybridized carbons (Fsp3) is 0.308. The van der Waals surface area contributed by atoms with Gasteiger partial charge in [0.15, 0.2) is 0 Å². The lowest BCUT2D eigenvalue weighted by atomic mass is 10.1. The molecule has 0 amide bonds. The highest BCUT2D eigenvalue weighted by molar-refractivity contribution is 7.10. The lowest BCUT2D eigenvalue weighted by molar-refractivity contribution is 0.395. The molecule has 0 saturated carbocycles. The van der Waals surface area contributed by atoms with Gasteiger partial charge in [0, 0.05) is 6.20 Å². The van der Waals surface area contributed by atoms with E-state index in [1.807, 2.05) is 30.6 Å². The number of thiophene rings is 1. The van der Waals surface area contributed by atoms with Crippen LogP contribution >= 0.6 is 11.3 Å². The fourth-order valence-electron chi connectivity index (χ4n) is 1.87. The van der Waals surface area contributed by atoms with Crippen LogP contribution in [0.2, 0.25) is 0 Å². The van der Waals surface area contributed by atoms with Gasteiger partial charge in [-0.2, -0.15) is 0 Å². The highest BCUT2D eigenvalue weighted by Crippen LogP contribution is 2.36. The summed E-state index contributed by atoms with van der Waals surface area (Å²) in [5.41, 5.74) is 0.864. The lowest BCUT2D eigenvalue weighted by Gasteiger charge is -2.18. The molecule has 0 aliphatic heterocycles. The standard InChI is InChI=1S/C13H16N2O2S/c1-14-12(13-10(17-3)6-8-18-13)11-9(16-2)5-4-7-15-11/h4-8,12,14H,1-3H3. The molecule has 1 atom stereocenters. The number of nitrogens with one attached hydrogen (secondary N) is 1. The van der Waals surface area contributed by atoms with E-state index in [-0.39, 0.29) is 6.04 Å². The SMILES string of the molecule is CNC(c1ncccc1OC)c1sccc1OC. The third-order valence-electron chi connectivity index (χ3n) is 2.72. The van der Waals surface area contributed by atoms with E-state index < -0.39 is 0 Å². The van der Waals surface area contributed by atoms with Crippen LogP contribution in [0.3, 0.4) is 0 Å². The molecule has 1 N–H and O–H groups in total. The molecular weight excluding hydrogens is 248 g/mol. The van der Waals surface area contributed by atoms with Crippen LogP contribution in [0.1, 0.15) is 16.6 Å². The number of pyridine rings is 1. The molecule has 18 heavy (non-hydrogen) atoms. The van der Waals surface area contributed by atoms with Crippen LogP contribution in [-0.2, 0) is 0 Å². The summed E-state index contributed by atoms with van der Waals surface area (Å²) < 4.78 is 10.7. The Bertz CT molecular complexity index is 513. The maximum atomic E-state index is 5.36. The van der Waals surface area contributed by atoms with Crippen molar-refractivity contribution in [2.45, 2.75) is 6.04 Å². The second kappa shape index (κ2) is 5.84. The minimum absolute atomic E-state index is 0.0314. The van der Waals surface area contributed by atoms with Gasteiger partial charge in [-0.3, -0.25) is 4.98 Å². The van der Waals surface area contributed by atoms with E-state index in [9.17, 15) is 0 Å². The second-order valence-electron chi connectivity index (χ2n) is 3.67. The Morgan fingerprint density at radius 1 is 1.22 bits per heavy atom. The van der Waals surface area contributed by atoms with E-state index in [1.54, 1.807) is 31.8 Å². The van der Waals surface area contributed by atoms with Crippen LogP contribution < -0.4 is 14.8 Å². The minimum atomic E-state index is -0.0314. The van der Waals surface area contributed by atoms with Crippen molar-refractivity contribution in [3.05, 3.63) is 40.3 Å². The molecule has 2 aromatic heterocycles. The van der Waals surface area contributed by atoms with Gasteiger partial charge in [-0.25, -0.2) is 0 Å². The first-order valence-electron chi connectivity index (χ1n) is 5.59. The van der Waals surface area contributed by atoms with Gasteiger partial charge in [0.1, 0.15) is 17.2 Å². The molecule has 4 nitrogen and oxygen atoms in total. The Labute approximate surface area is 111 Å². The molecule has 5 heteroatoms. The quantitative estimate of drug-likeness (QED) is 0.901. The van der Waals surface area contributed by atoms with Crippen molar-refractivity contribution in [1.29, 1.82) is 0 Å². The second-order valence-corrected chi connectivity index (χ2v) is 4.61. The zero-order valence-corrected chi connectivity index (χ0v) is 11.5. The van der Waals surface area contributed by atoms with E-state index in [0.717, 1.165) is 22.1 Å². The van der Waals surface area contributed by atoms with E-state index in [0.29, 0.717) is 0 Å². The number of methoxy groups -OCH3 is 2. The molecule has 2 heterocycles. The molecule has 0 spiro atoms. The number of nitrogens with zero attached hydrogens (tertiary/aromatic N) is 1. The Morgan fingerprint density at radius 2 is 2.00 bits per heavy atom. The van der Waals surface area contributed by atoms with Crippen LogP contribution in [0, 0.1) is 0 Å². The van der Waals surface area contributed by atoms with Crippen molar-refractivity contribution in [2.24, 2.45) is 0 Å². The minimum Gasteiger partial charge on any atom is -0.496 e. The number of hydrogen-bond acceptors (Lipinski definition) is 5. The molecule has 0 radical (unpaired) electrons. The van der Waals surface area contributed by atoms with Crippen LogP contribution in [0.5, 0.6) is 11.5 Å². The topological polar surface area (TPSA) is 43.4 Å². The molecule has 0 fully saturated rings. The number of rotatable bonds is 5. The van der Waals surface area contributed by atoms with Crippen LogP contribution in [0.15, 0.2) is 29.8 Å². The predicted octanol–water partition coefficient (Wildman–Crippen LogP) is 2.47. The Hall–Kier alpha value is -1.59. The molecule has 0 bridgehead atoms. The average Bonchev–Trinajstić information content (AvgIpc) is 2.88. The van der Waals surface area contributed by atoms with Gasteiger partial charge in [-0.05, 0) is 30.6 Å². The summed E-state index contributed by atoms with van der Waals surface area (Å²) >= 11 is 1.64. The van der Waals surface area contributed by atoms with Gasteiger partial charge in [-0.1, -0.05) is 0 Å². The molecule has 2 rings (SSSR count). The Kier molecular flexibility index (Phi) is 4.17. The zero-order chi connectivity index (χ0) is 13.0. The number of hydrogen-bond donors (Lipinski definition) is 1. The van der Waals surface area contributed by atoms with E-state index >= 15 is 0 Å². The summed E-state index contributed by atoms with van der Waals surface area (Å²) in [5, 5.41) is 5.27. The first kappa shape index (κ1) is 12.9. The molecule has 1 unspecified atom stereocenters. The van der Waals surface area contributed by atoms with Gasteiger partial charge in [0.2, 0.25) is 0 Å². The molecule has 0 aliphatic carbocycles. The van der Waals surface area contributed by atoms with Crippen LogP contribution in [0.4, 0.5) is 0 Å². The lowest BCUT2D eigenvalue weighted by Crippen LogP contribution is -2.19. The van der Waals surface area contributed by atoms with Gasteiger partial charge >= 0.3 is 0 Å². The molecule has 0 aliphatic rings. The molecular formula is C13H16N2O2S. The Morgan fingerprint density at radius 3 is 2.67 bits per heavy atom. The maximum Gasteiger partial charge on any atom is 0.142 e. The third-order valence-corrected chi connectivity index (χ3v) is 3.68. The van der Waals surface area contributed by atoms with Crippen molar-refractivity contribution >= 4 is 11.3 Å². The van der Waals surface area contributed by atoms with Crippen molar-refractivity contribution in [2.75, 3.05) is 21.3 Å². The van der Waals surface area contributed by atoms with Gasteiger partial charge in [0.05, 0.1) is 25.1 Å². The monoisotopic (exact) mass is 264 g/mol. The predicted molar refractivity (Wildman–Crippen MR) is 72.6 cm³/mol. The van der Waals surface area contributed by atoms with E-state index in [2.05, 4.69) is 10.3 Å². The first-order chi connectivity index (χ1) is 8.81. The largest absolute Gasteiger partial charge is 0.496 e. The summed E-state index contributed by atoms with van der Waals surface area (Å²) in [6.07, 6.45) is 1.77. The van der Waals surface area contributed by atoms with E-state index in [4.69, 9.17) is 9.47 Å². The van der Waals surface area contributed by atoms with Crippen molar-refractivity contribution in [3.8, 4) is 11.5 Å². The van der Waals surface area contributed by atoms with Crippen molar-refractivity contribution in [3.63, 3.8) is 0 Å². The van der Waals surface area contributed by atoms with E-state index in [1.165, 1.54) is 0 Å². The fourth-order valence-corrected chi connectivity index (χ4v) is 2.84. The molecule has 0 saturated heterocycles. The first-order valence-corrected chi connectivity index (χ1v) is 6.47. The number of aromatic nitrogens is 1. The summed E-state index contributed by atoms with van der Waals surface area (Å²) in [6.45, 7) is 0. The average molecular weight is 264 g/mol. The Balaban J connectivity index is 2.45. The van der Waals surface area contributed by atoms with Crippen LogP contribution in [-0.4, -0.2) is 26.3 Å². The van der Waals surface area contributed by atoms with Crippen molar-refractivity contribution < 1.29 is 9.47 Å². The summed E-state index contributed by atoms with van der Waals surface area (Å²) in [4.78, 5) is 5.51. The van der Waals surface area contributed by atoms with Crippen LogP contribution in [0.25, 0.3) is 0 Å². The molecule has 0 aromatic carbocycles. The van der Waals surface area contributed by atoms with Gasteiger partial charge in [0.25, 0.3) is 0 Å². The summed E-state index contributed by atoms with van der Waals surface area (Å²) in [6, 6.07) is 5.70. The summed E-state index contributed by atoms with van der Waals surface area (Å²) in [5.74, 6) is 1.64. The van der Waals surface area contributed by atoms with Gasteiger partial charge < -0.3 is 14.8 Å². The highest BCUT2D eigenvalue weighted by Gasteiger charge is 2.22. The third kappa shape index (κ3) is 2.32. The highest BCUT2D eigenvalue weighted by atomic mass is 32.1. The normalized spacial score (nSPS) is 12.2. The smallest absolute Gasteiger partial charge is 0.142 e. The number of ether oxygens (including phenoxy) is 2.